The highest BCUT2D eigenvalue weighted by molar-refractivity contribution is 6.32. The summed E-state index contributed by atoms with van der Waals surface area (Å²) in [7, 11) is -1.80. The molecule has 0 fully saturated rings. The lowest BCUT2D eigenvalue weighted by atomic mass is 10.3. The molecule has 0 unspecified atom stereocenters. The molecule has 1 aromatic heterocycles. The molecule has 0 atom stereocenters. The average Bonchev–Trinajstić information content (AvgIpc) is 2.15. The fraction of sp³-hybridized carbons (Fsp3) is 0.250. The van der Waals surface area contributed by atoms with Crippen molar-refractivity contribution in [3.63, 3.8) is 0 Å². The third-order valence-electron chi connectivity index (χ3n) is 0.990. The van der Waals surface area contributed by atoms with E-state index < -0.39 is 7.32 Å². The zero-order valence-electron chi connectivity index (χ0n) is 5.43. The van der Waals surface area contributed by atoms with E-state index in [-0.39, 0.29) is 0 Å². The molecule has 0 aliphatic carbocycles. The van der Waals surface area contributed by atoms with Gasteiger partial charge < -0.3 is 14.8 Å². The van der Waals surface area contributed by atoms with Crippen LogP contribution in [0.25, 0.3) is 0 Å². The number of hydrogen-bond acceptors (Lipinski definition) is 4. The minimum absolute atomic E-state index is 0.563. The van der Waals surface area contributed by atoms with Crippen molar-refractivity contribution < 1.29 is 14.8 Å². The molecule has 0 spiro atoms. The molecule has 6 heteroatoms. The van der Waals surface area contributed by atoms with Gasteiger partial charge in [0.25, 0.3) is 0 Å². The van der Waals surface area contributed by atoms with Crippen LogP contribution in [0.4, 0.5) is 0 Å². The second kappa shape index (κ2) is 2.72. The molecule has 0 aromatic carbocycles. The van der Waals surface area contributed by atoms with Gasteiger partial charge in [0.15, 0.2) is 0 Å². The van der Waals surface area contributed by atoms with Crippen LogP contribution in [0, 0.1) is 6.92 Å². The van der Waals surface area contributed by atoms with Crippen molar-refractivity contribution in [2.75, 3.05) is 0 Å². The van der Waals surface area contributed by atoms with Crippen LogP contribution in [0.2, 0.25) is 0 Å². The molecule has 2 N–H and O–H groups in total. The number of aromatic nitrogens is 2. The summed E-state index contributed by atoms with van der Waals surface area (Å²) in [6, 6.07) is 0. The monoisotopic (exact) mass is 142 g/mol. The standard InChI is InChI=1S/C4H7BN2O3/c1-4-6-2-3-7(4)10-5(8)9/h2-3,8-9H,1H3. The lowest BCUT2D eigenvalue weighted by molar-refractivity contribution is 0.160. The van der Waals surface area contributed by atoms with Gasteiger partial charge in [-0.25, -0.2) is 4.98 Å². The van der Waals surface area contributed by atoms with Crippen molar-refractivity contribution in [3.8, 4) is 0 Å². The maximum absolute atomic E-state index is 8.33. The van der Waals surface area contributed by atoms with E-state index in [4.69, 9.17) is 10.0 Å². The van der Waals surface area contributed by atoms with Gasteiger partial charge in [0, 0.05) is 6.20 Å². The fourth-order valence-corrected chi connectivity index (χ4v) is 0.580. The Kier molecular flexibility index (Phi) is 1.93. The number of rotatable bonds is 2. The van der Waals surface area contributed by atoms with Crippen LogP contribution in [0.15, 0.2) is 12.4 Å². The van der Waals surface area contributed by atoms with Crippen LogP contribution in [0.1, 0.15) is 5.82 Å². The predicted octanol–water partition coefficient (Wildman–Crippen LogP) is -1.41. The van der Waals surface area contributed by atoms with Gasteiger partial charge in [-0.1, -0.05) is 0 Å². The molecule has 0 radical (unpaired) electrons. The van der Waals surface area contributed by atoms with E-state index in [1.807, 2.05) is 0 Å². The van der Waals surface area contributed by atoms with Gasteiger partial charge in [-0.05, 0) is 6.92 Å². The Morgan fingerprint density at radius 2 is 2.40 bits per heavy atom. The molecule has 1 rings (SSSR count). The first-order valence-corrected chi connectivity index (χ1v) is 2.73. The van der Waals surface area contributed by atoms with E-state index in [0.717, 1.165) is 0 Å². The first-order chi connectivity index (χ1) is 4.70. The summed E-state index contributed by atoms with van der Waals surface area (Å²) in [5.41, 5.74) is 0. The van der Waals surface area contributed by atoms with Crippen molar-refractivity contribution in [1.82, 2.24) is 9.71 Å². The third kappa shape index (κ3) is 1.49. The van der Waals surface area contributed by atoms with Crippen LogP contribution in [0.5, 0.6) is 0 Å². The second-order valence-electron chi connectivity index (χ2n) is 1.73. The van der Waals surface area contributed by atoms with Crippen LogP contribution < -0.4 is 4.76 Å². The molecule has 10 heavy (non-hydrogen) atoms. The van der Waals surface area contributed by atoms with E-state index in [1.54, 1.807) is 6.92 Å². The number of imidazole rings is 1. The molecule has 54 valence electrons. The molecule has 0 amide bonds. The first-order valence-electron chi connectivity index (χ1n) is 2.73. The fourth-order valence-electron chi connectivity index (χ4n) is 0.580. The van der Waals surface area contributed by atoms with Crippen molar-refractivity contribution in [2.45, 2.75) is 6.92 Å². The summed E-state index contributed by atoms with van der Waals surface area (Å²) in [6.45, 7) is 1.68. The predicted molar refractivity (Wildman–Crippen MR) is 33.7 cm³/mol. The summed E-state index contributed by atoms with van der Waals surface area (Å²) in [5.74, 6) is 0.563. The van der Waals surface area contributed by atoms with Gasteiger partial charge in [0.1, 0.15) is 5.82 Å². The lowest BCUT2D eigenvalue weighted by Crippen LogP contribution is -2.29. The van der Waals surface area contributed by atoms with Gasteiger partial charge in [-0.2, -0.15) is 4.73 Å². The van der Waals surface area contributed by atoms with Gasteiger partial charge in [0.2, 0.25) is 0 Å². The van der Waals surface area contributed by atoms with Crippen LogP contribution in [-0.2, 0) is 0 Å². The Bertz CT molecular complexity index is 212. The van der Waals surface area contributed by atoms with E-state index in [2.05, 4.69) is 9.74 Å². The lowest BCUT2D eigenvalue weighted by Gasteiger charge is -2.04. The minimum Gasteiger partial charge on any atom is -0.420 e. The van der Waals surface area contributed by atoms with E-state index >= 15 is 0 Å². The highest BCUT2D eigenvalue weighted by atomic mass is 16.7. The highest BCUT2D eigenvalue weighted by Crippen LogP contribution is 1.90. The maximum atomic E-state index is 8.33. The van der Waals surface area contributed by atoms with Crippen molar-refractivity contribution in [1.29, 1.82) is 0 Å². The Labute approximate surface area is 58.0 Å². The van der Waals surface area contributed by atoms with Gasteiger partial charge >= 0.3 is 7.32 Å². The van der Waals surface area contributed by atoms with E-state index in [1.165, 1.54) is 17.1 Å². The summed E-state index contributed by atoms with van der Waals surface area (Å²) in [6.07, 6.45) is 2.98. The SMILES string of the molecule is Cc1nccn1OB(O)O. The summed E-state index contributed by atoms with van der Waals surface area (Å²) < 4.78 is 5.62. The van der Waals surface area contributed by atoms with Crippen molar-refractivity contribution in [2.24, 2.45) is 0 Å². The molecule has 0 aliphatic heterocycles. The van der Waals surface area contributed by atoms with Crippen molar-refractivity contribution in [3.05, 3.63) is 18.2 Å². The van der Waals surface area contributed by atoms with Crippen molar-refractivity contribution >= 4 is 7.32 Å². The normalized spacial score (nSPS) is 9.50. The first kappa shape index (κ1) is 7.11. The molecule has 0 bridgehead atoms. The molecule has 1 aromatic rings. The zero-order chi connectivity index (χ0) is 7.56. The topological polar surface area (TPSA) is 67.5 Å². The summed E-state index contributed by atoms with van der Waals surface area (Å²) >= 11 is 0. The molecule has 0 saturated heterocycles. The second-order valence-corrected chi connectivity index (χ2v) is 1.73. The summed E-state index contributed by atoms with van der Waals surface area (Å²) in [4.78, 5) is 3.79. The van der Waals surface area contributed by atoms with E-state index in [0.29, 0.717) is 5.82 Å². The van der Waals surface area contributed by atoms with Gasteiger partial charge in [0.05, 0.1) is 6.20 Å². The Hall–Kier alpha value is -1.01. The maximum Gasteiger partial charge on any atom is 0.728 e. The number of nitrogens with zero attached hydrogens (tertiary/aromatic N) is 2. The molecule has 0 aliphatic rings. The van der Waals surface area contributed by atoms with Crippen LogP contribution >= 0.6 is 0 Å². The zero-order valence-corrected chi connectivity index (χ0v) is 5.43. The van der Waals surface area contributed by atoms with Gasteiger partial charge in [-0.15, -0.1) is 0 Å². The molecule has 0 saturated carbocycles. The minimum atomic E-state index is -1.80. The molecular formula is C4H7BN2O3. The van der Waals surface area contributed by atoms with Crippen LogP contribution in [-0.4, -0.2) is 27.1 Å². The third-order valence-corrected chi connectivity index (χ3v) is 0.990. The Morgan fingerprint density at radius 3 is 2.80 bits per heavy atom. The summed E-state index contributed by atoms with van der Waals surface area (Å²) in [5, 5.41) is 16.7. The highest BCUT2D eigenvalue weighted by Gasteiger charge is 2.11. The smallest absolute Gasteiger partial charge is 0.420 e. The van der Waals surface area contributed by atoms with Gasteiger partial charge in [-0.3, -0.25) is 0 Å². The van der Waals surface area contributed by atoms with E-state index in [9.17, 15) is 0 Å². The molecule has 5 nitrogen and oxygen atoms in total. The number of aryl methyl sites for hydroxylation is 1. The Balaban J connectivity index is 2.65. The average molecular weight is 142 g/mol. The number of hydrogen-bond donors (Lipinski definition) is 2. The molecule has 1 heterocycles. The largest absolute Gasteiger partial charge is 0.728 e. The quantitative estimate of drug-likeness (QED) is 0.497. The Morgan fingerprint density at radius 1 is 1.70 bits per heavy atom. The van der Waals surface area contributed by atoms with Crippen LogP contribution in [0.3, 0.4) is 0 Å². The molecular weight excluding hydrogens is 135 g/mol.